The number of hydrogen-bond acceptors (Lipinski definition) is 7. The molecule has 1 aromatic carbocycles. The molecule has 0 saturated carbocycles. The fraction of sp³-hybridized carbons (Fsp3) is 0.625. The first-order valence-corrected chi connectivity index (χ1v) is 9.43. The minimum absolute atomic E-state index is 0. The Hall–Kier alpha value is -0.670. The normalized spacial score (nSPS) is 18.9. The standard InChI is InChI=1S/C16H24N2O5S.Na/c1-11-10-16(2,3)18(6-5-7-24(20,21)22)14-9-15(23-4)13(17-19)8-12(11)14;/h8-9,11H,5-7,10H2,1-4H3,(H,20,21,22);/q;+1/p-1. The van der Waals surface area contributed by atoms with E-state index in [1.807, 2.05) is 0 Å². The second-order valence-electron chi connectivity index (χ2n) is 6.86. The Balaban J connectivity index is 0.00000312. The summed E-state index contributed by atoms with van der Waals surface area (Å²) in [6, 6.07) is 3.51. The van der Waals surface area contributed by atoms with Crippen LogP contribution in [-0.2, 0) is 10.1 Å². The molecule has 134 valence electrons. The maximum atomic E-state index is 11.0. The molecule has 0 aliphatic carbocycles. The molecule has 2 rings (SSSR count). The maximum absolute atomic E-state index is 11.0. The zero-order chi connectivity index (χ0) is 18.1. The van der Waals surface area contributed by atoms with Crippen LogP contribution in [0.1, 0.15) is 45.1 Å². The van der Waals surface area contributed by atoms with Gasteiger partial charge in [0.25, 0.3) is 0 Å². The summed E-state index contributed by atoms with van der Waals surface area (Å²) in [5.41, 5.74) is 1.92. The van der Waals surface area contributed by atoms with Gasteiger partial charge in [-0.15, -0.1) is 4.91 Å². The van der Waals surface area contributed by atoms with Gasteiger partial charge in [0.2, 0.25) is 0 Å². The molecule has 0 amide bonds. The van der Waals surface area contributed by atoms with Crippen molar-refractivity contribution in [2.45, 2.75) is 45.1 Å². The number of hydrogen-bond donors (Lipinski definition) is 0. The van der Waals surface area contributed by atoms with Crippen LogP contribution in [0.2, 0.25) is 0 Å². The molecule has 25 heavy (non-hydrogen) atoms. The first-order chi connectivity index (χ1) is 11.1. The number of fused-ring (bicyclic) bond motifs is 1. The number of methoxy groups -OCH3 is 1. The van der Waals surface area contributed by atoms with Crippen molar-refractivity contribution in [1.29, 1.82) is 0 Å². The second-order valence-corrected chi connectivity index (χ2v) is 8.38. The van der Waals surface area contributed by atoms with E-state index in [0.717, 1.165) is 17.7 Å². The van der Waals surface area contributed by atoms with Crippen LogP contribution in [0.25, 0.3) is 0 Å². The molecule has 0 spiro atoms. The number of benzene rings is 1. The van der Waals surface area contributed by atoms with Crippen molar-refractivity contribution in [1.82, 2.24) is 0 Å². The van der Waals surface area contributed by atoms with Gasteiger partial charge in [-0.25, -0.2) is 8.42 Å². The van der Waals surface area contributed by atoms with Gasteiger partial charge >= 0.3 is 29.6 Å². The quantitative estimate of drug-likeness (QED) is 0.396. The molecule has 0 radical (unpaired) electrons. The van der Waals surface area contributed by atoms with Crippen LogP contribution in [0.4, 0.5) is 11.4 Å². The molecule has 0 N–H and O–H groups in total. The van der Waals surface area contributed by atoms with E-state index in [-0.39, 0.29) is 53.1 Å². The van der Waals surface area contributed by atoms with Crippen molar-refractivity contribution in [2.75, 3.05) is 24.3 Å². The van der Waals surface area contributed by atoms with Crippen molar-refractivity contribution in [3.63, 3.8) is 0 Å². The number of nitroso groups, excluding NO2 is 1. The summed E-state index contributed by atoms with van der Waals surface area (Å²) in [4.78, 5) is 13.1. The summed E-state index contributed by atoms with van der Waals surface area (Å²) < 4.78 is 37.9. The largest absolute Gasteiger partial charge is 1.00 e. The van der Waals surface area contributed by atoms with Crippen molar-refractivity contribution >= 4 is 21.5 Å². The Morgan fingerprint density at radius 3 is 2.56 bits per heavy atom. The molecule has 0 saturated heterocycles. The van der Waals surface area contributed by atoms with E-state index in [0.29, 0.717) is 12.3 Å². The molecular weight excluding hydrogens is 355 g/mol. The zero-order valence-electron chi connectivity index (χ0n) is 15.4. The molecule has 1 aliphatic rings. The Bertz CT molecular complexity index is 736. The summed E-state index contributed by atoms with van der Waals surface area (Å²) in [6.45, 7) is 6.68. The van der Waals surface area contributed by atoms with E-state index in [1.165, 1.54) is 7.11 Å². The van der Waals surface area contributed by atoms with Crippen LogP contribution in [0.5, 0.6) is 5.75 Å². The molecular formula is C16H23N2NaO5S. The average Bonchev–Trinajstić information content (AvgIpc) is 2.47. The van der Waals surface area contributed by atoms with Gasteiger partial charge in [0.1, 0.15) is 11.4 Å². The zero-order valence-corrected chi connectivity index (χ0v) is 18.2. The van der Waals surface area contributed by atoms with Crippen LogP contribution in [-0.4, -0.2) is 37.9 Å². The van der Waals surface area contributed by atoms with Crippen molar-refractivity contribution in [2.24, 2.45) is 5.18 Å². The van der Waals surface area contributed by atoms with Crippen LogP contribution < -0.4 is 39.2 Å². The monoisotopic (exact) mass is 378 g/mol. The van der Waals surface area contributed by atoms with Gasteiger partial charge in [0.05, 0.1) is 17.2 Å². The molecule has 1 heterocycles. The second kappa shape index (κ2) is 8.35. The van der Waals surface area contributed by atoms with E-state index in [2.05, 4.69) is 30.8 Å². The predicted molar refractivity (Wildman–Crippen MR) is 92.1 cm³/mol. The van der Waals surface area contributed by atoms with Gasteiger partial charge in [0, 0.05) is 29.6 Å². The summed E-state index contributed by atoms with van der Waals surface area (Å²) in [5.74, 6) is 0.214. The summed E-state index contributed by atoms with van der Waals surface area (Å²) in [7, 11) is -2.76. The molecule has 1 unspecified atom stereocenters. The van der Waals surface area contributed by atoms with E-state index in [4.69, 9.17) is 4.74 Å². The molecule has 1 atom stereocenters. The minimum atomic E-state index is -4.23. The van der Waals surface area contributed by atoms with E-state index in [1.54, 1.807) is 12.1 Å². The van der Waals surface area contributed by atoms with Crippen LogP contribution in [0, 0.1) is 4.91 Å². The van der Waals surface area contributed by atoms with Crippen molar-refractivity contribution < 1.29 is 47.3 Å². The number of anilines is 1. The van der Waals surface area contributed by atoms with Gasteiger partial charge in [-0.3, -0.25) is 0 Å². The van der Waals surface area contributed by atoms with Gasteiger partial charge in [-0.1, -0.05) is 6.92 Å². The fourth-order valence-electron chi connectivity index (χ4n) is 3.56. The molecule has 7 nitrogen and oxygen atoms in total. The van der Waals surface area contributed by atoms with Crippen molar-refractivity contribution in [3.8, 4) is 5.75 Å². The summed E-state index contributed by atoms with van der Waals surface area (Å²) >= 11 is 0. The van der Waals surface area contributed by atoms with Crippen LogP contribution >= 0.6 is 0 Å². The van der Waals surface area contributed by atoms with Gasteiger partial charge < -0.3 is 14.2 Å². The third-order valence-electron chi connectivity index (χ3n) is 4.56. The Morgan fingerprint density at radius 1 is 1.40 bits per heavy atom. The molecule has 9 heteroatoms. The van der Waals surface area contributed by atoms with E-state index >= 15 is 0 Å². The first kappa shape index (κ1) is 22.4. The summed E-state index contributed by atoms with van der Waals surface area (Å²) in [6.07, 6.45) is 1.09. The van der Waals surface area contributed by atoms with E-state index < -0.39 is 15.9 Å². The summed E-state index contributed by atoms with van der Waals surface area (Å²) in [5, 5.41) is 3.03. The van der Waals surface area contributed by atoms with Gasteiger partial charge in [0.15, 0.2) is 0 Å². The average molecular weight is 378 g/mol. The molecule has 0 fully saturated rings. The van der Waals surface area contributed by atoms with Gasteiger partial charge in [-0.2, -0.15) is 0 Å². The Morgan fingerprint density at radius 2 is 2.04 bits per heavy atom. The SMILES string of the molecule is COc1cc2c(cc1N=O)C(C)CC(C)(C)N2CCCS(=O)(=O)[O-].[Na+]. The van der Waals surface area contributed by atoms with Gasteiger partial charge in [-0.05, 0) is 49.4 Å². The molecule has 1 aromatic rings. The Kier molecular flexibility index (Phi) is 7.47. The molecule has 0 aromatic heterocycles. The predicted octanol–water partition coefficient (Wildman–Crippen LogP) is 0.125. The third-order valence-corrected chi connectivity index (χ3v) is 5.35. The van der Waals surface area contributed by atoms with Crippen LogP contribution in [0.3, 0.4) is 0 Å². The number of ether oxygens (including phenoxy) is 1. The van der Waals surface area contributed by atoms with Crippen LogP contribution in [0.15, 0.2) is 17.3 Å². The maximum Gasteiger partial charge on any atom is 1.00 e. The first-order valence-electron chi connectivity index (χ1n) is 7.85. The van der Waals surface area contributed by atoms with Crippen molar-refractivity contribution in [3.05, 3.63) is 22.6 Å². The minimum Gasteiger partial charge on any atom is -0.748 e. The number of rotatable bonds is 6. The van der Waals surface area contributed by atoms with E-state index in [9.17, 15) is 17.9 Å². The smallest absolute Gasteiger partial charge is 0.748 e. The third kappa shape index (κ3) is 5.17. The Labute approximate surface area is 171 Å². The molecule has 0 bridgehead atoms. The molecule has 1 aliphatic heterocycles. The number of nitrogens with zero attached hydrogens (tertiary/aromatic N) is 2. The topological polar surface area (TPSA) is 99.1 Å². The fourth-order valence-corrected chi connectivity index (χ4v) is 4.04.